The number of rotatable bonds is 8. The highest BCUT2D eigenvalue weighted by Crippen LogP contribution is 2.23. The minimum atomic E-state index is -0.583. The molecule has 0 saturated carbocycles. The van der Waals surface area contributed by atoms with Gasteiger partial charge in [0.2, 0.25) is 0 Å². The number of nitrogens with zero attached hydrogens (tertiary/aromatic N) is 2. The molecule has 1 atom stereocenters. The molecule has 0 radical (unpaired) electrons. The van der Waals surface area contributed by atoms with Gasteiger partial charge in [0, 0.05) is 24.2 Å². The molecule has 6 heteroatoms. The summed E-state index contributed by atoms with van der Waals surface area (Å²) in [6.07, 6.45) is 3.05. The van der Waals surface area contributed by atoms with Crippen molar-refractivity contribution in [1.29, 1.82) is 0 Å². The molecule has 2 aromatic carbocycles. The van der Waals surface area contributed by atoms with Gasteiger partial charge in [-0.1, -0.05) is 36.0 Å². The van der Waals surface area contributed by atoms with Crippen molar-refractivity contribution in [1.82, 2.24) is 9.55 Å². The van der Waals surface area contributed by atoms with Crippen LogP contribution >= 0.6 is 11.8 Å². The van der Waals surface area contributed by atoms with Crippen molar-refractivity contribution in [3.8, 4) is 17.2 Å². The number of thioether (sulfide) groups is 1. The van der Waals surface area contributed by atoms with E-state index in [0.29, 0.717) is 5.75 Å². The maximum atomic E-state index is 10.2. The Kier molecular flexibility index (Phi) is 5.98. The van der Waals surface area contributed by atoms with Gasteiger partial charge in [0.15, 0.2) is 5.16 Å². The second-order valence-electron chi connectivity index (χ2n) is 5.37. The van der Waals surface area contributed by atoms with Gasteiger partial charge in [-0.3, -0.25) is 4.57 Å². The molecule has 0 aliphatic carbocycles. The van der Waals surface area contributed by atoms with Gasteiger partial charge in [-0.25, -0.2) is 4.98 Å². The summed E-state index contributed by atoms with van der Waals surface area (Å²) in [6, 6.07) is 17.2. The quantitative estimate of drug-likeness (QED) is 0.627. The first kappa shape index (κ1) is 17.4. The number of benzene rings is 2. The van der Waals surface area contributed by atoms with Crippen LogP contribution in [-0.4, -0.2) is 40.2 Å². The van der Waals surface area contributed by atoms with E-state index in [-0.39, 0.29) is 6.61 Å². The first-order valence-corrected chi connectivity index (χ1v) is 8.91. The molecule has 130 valence electrons. The predicted molar refractivity (Wildman–Crippen MR) is 98.8 cm³/mol. The third-order valence-corrected chi connectivity index (χ3v) is 4.64. The number of imidazole rings is 1. The fourth-order valence-electron chi connectivity index (χ4n) is 2.28. The van der Waals surface area contributed by atoms with Gasteiger partial charge in [-0.15, -0.1) is 0 Å². The first-order valence-electron chi connectivity index (χ1n) is 7.93. The third kappa shape index (κ3) is 4.78. The topological polar surface area (TPSA) is 56.5 Å². The standard InChI is InChI=1S/C19H20N2O3S/c1-23-18-9-5-6-15(12-18)21-11-10-20-19(21)25-14-16(22)13-24-17-7-3-2-4-8-17/h2-12,16,22H,13-14H2,1H3/t16-/m1/s1. The minimum absolute atomic E-state index is 0.247. The fourth-order valence-corrected chi connectivity index (χ4v) is 3.16. The van der Waals surface area contributed by atoms with Crippen molar-refractivity contribution in [3.05, 3.63) is 67.0 Å². The molecular weight excluding hydrogens is 336 g/mol. The lowest BCUT2D eigenvalue weighted by Crippen LogP contribution is -2.20. The van der Waals surface area contributed by atoms with Gasteiger partial charge >= 0.3 is 0 Å². The minimum Gasteiger partial charge on any atom is -0.497 e. The maximum Gasteiger partial charge on any atom is 0.172 e. The van der Waals surface area contributed by atoms with E-state index >= 15 is 0 Å². The van der Waals surface area contributed by atoms with Crippen molar-refractivity contribution in [2.75, 3.05) is 19.5 Å². The summed E-state index contributed by atoms with van der Waals surface area (Å²) in [5.74, 6) is 2.04. The van der Waals surface area contributed by atoms with Crippen LogP contribution in [0.25, 0.3) is 5.69 Å². The molecule has 0 aliphatic heterocycles. The van der Waals surface area contributed by atoms with Crippen LogP contribution in [0.3, 0.4) is 0 Å². The zero-order valence-corrected chi connectivity index (χ0v) is 14.7. The zero-order valence-electron chi connectivity index (χ0n) is 13.9. The Bertz CT molecular complexity index is 792. The second-order valence-corrected chi connectivity index (χ2v) is 6.36. The van der Waals surface area contributed by atoms with Crippen molar-refractivity contribution < 1.29 is 14.6 Å². The summed E-state index contributed by atoms with van der Waals surface area (Å²) in [5.41, 5.74) is 0.967. The van der Waals surface area contributed by atoms with Crippen molar-refractivity contribution in [3.63, 3.8) is 0 Å². The van der Waals surface area contributed by atoms with Crippen molar-refractivity contribution in [2.24, 2.45) is 0 Å². The van der Waals surface area contributed by atoms with E-state index < -0.39 is 6.10 Å². The molecule has 0 saturated heterocycles. The number of aromatic nitrogens is 2. The van der Waals surface area contributed by atoms with E-state index in [4.69, 9.17) is 9.47 Å². The molecule has 5 nitrogen and oxygen atoms in total. The number of ether oxygens (including phenoxy) is 2. The normalized spacial score (nSPS) is 11.9. The second kappa shape index (κ2) is 8.60. The van der Waals surface area contributed by atoms with Crippen LogP contribution in [0.4, 0.5) is 0 Å². The van der Waals surface area contributed by atoms with Gasteiger partial charge in [-0.05, 0) is 24.3 Å². The first-order chi connectivity index (χ1) is 12.3. The van der Waals surface area contributed by atoms with Crippen LogP contribution in [0, 0.1) is 0 Å². The average molecular weight is 356 g/mol. The molecule has 0 amide bonds. The summed E-state index contributed by atoms with van der Waals surface area (Å²) in [5, 5.41) is 11.0. The van der Waals surface area contributed by atoms with E-state index in [1.54, 1.807) is 13.3 Å². The van der Waals surface area contributed by atoms with Crippen LogP contribution in [0.15, 0.2) is 72.1 Å². The number of hydrogen-bond donors (Lipinski definition) is 1. The highest BCUT2D eigenvalue weighted by molar-refractivity contribution is 7.99. The molecular formula is C19H20N2O3S. The summed E-state index contributed by atoms with van der Waals surface area (Å²) >= 11 is 1.49. The van der Waals surface area contributed by atoms with Gasteiger partial charge < -0.3 is 14.6 Å². The number of aliphatic hydroxyl groups excluding tert-OH is 1. The van der Waals surface area contributed by atoms with Crippen LogP contribution in [0.2, 0.25) is 0 Å². The predicted octanol–water partition coefficient (Wildman–Crippen LogP) is 3.41. The molecule has 1 heterocycles. The Balaban J connectivity index is 1.57. The smallest absolute Gasteiger partial charge is 0.172 e. The number of aliphatic hydroxyl groups is 1. The molecule has 1 aromatic heterocycles. The van der Waals surface area contributed by atoms with Gasteiger partial charge in [0.1, 0.15) is 18.1 Å². The Morgan fingerprint density at radius 1 is 1.12 bits per heavy atom. The summed E-state index contributed by atoms with van der Waals surface area (Å²) in [7, 11) is 1.64. The van der Waals surface area contributed by atoms with E-state index in [0.717, 1.165) is 22.3 Å². The lowest BCUT2D eigenvalue weighted by Gasteiger charge is -2.13. The molecule has 25 heavy (non-hydrogen) atoms. The lowest BCUT2D eigenvalue weighted by atomic mass is 10.3. The van der Waals surface area contributed by atoms with Crippen molar-refractivity contribution in [2.45, 2.75) is 11.3 Å². The fraction of sp³-hybridized carbons (Fsp3) is 0.211. The molecule has 3 aromatic rings. The van der Waals surface area contributed by atoms with E-state index in [9.17, 15) is 5.11 Å². The van der Waals surface area contributed by atoms with Crippen LogP contribution in [-0.2, 0) is 0 Å². The maximum absolute atomic E-state index is 10.2. The van der Waals surface area contributed by atoms with Gasteiger partial charge in [-0.2, -0.15) is 0 Å². The molecule has 0 unspecified atom stereocenters. The summed E-state index contributed by atoms with van der Waals surface area (Å²) in [4.78, 5) is 4.37. The Labute approximate surface area is 151 Å². The average Bonchev–Trinajstić information content (AvgIpc) is 3.14. The lowest BCUT2D eigenvalue weighted by molar-refractivity contribution is 0.126. The largest absolute Gasteiger partial charge is 0.497 e. The molecule has 0 aliphatic rings. The SMILES string of the molecule is COc1cccc(-n2ccnc2SC[C@H](O)COc2ccccc2)c1. The third-order valence-electron chi connectivity index (χ3n) is 3.53. The number of methoxy groups -OCH3 is 1. The summed E-state index contributed by atoms with van der Waals surface area (Å²) < 4.78 is 12.8. The van der Waals surface area contributed by atoms with Gasteiger partial charge in [0.05, 0.1) is 18.9 Å². The molecule has 0 fully saturated rings. The highest BCUT2D eigenvalue weighted by Gasteiger charge is 2.11. The van der Waals surface area contributed by atoms with E-state index in [1.807, 2.05) is 65.4 Å². The highest BCUT2D eigenvalue weighted by atomic mass is 32.2. The summed E-state index contributed by atoms with van der Waals surface area (Å²) in [6.45, 7) is 0.247. The van der Waals surface area contributed by atoms with E-state index in [1.165, 1.54) is 11.8 Å². The van der Waals surface area contributed by atoms with Gasteiger partial charge in [0.25, 0.3) is 0 Å². The Morgan fingerprint density at radius 2 is 1.92 bits per heavy atom. The van der Waals surface area contributed by atoms with Crippen molar-refractivity contribution >= 4 is 11.8 Å². The molecule has 0 spiro atoms. The zero-order chi connectivity index (χ0) is 17.5. The van der Waals surface area contributed by atoms with Crippen LogP contribution in [0.5, 0.6) is 11.5 Å². The number of para-hydroxylation sites is 1. The molecule has 0 bridgehead atoms. The molecule has 3 rings (SSSR count). The Morgan fingerprint density at radius 3 is 2.72 bits per heavy atom. The van der Waals surface area contributed by atoms with Crippen LogP contribution in [0.1, 0.15) is 0 Å². The monoisotopic (exact) mass is 356 g/mol. The molecule has 1 N–H and O–H groups in total. The van der Waals surface area contributed by atoms with Crippen LogP contribution < -0.4 is 9.47 Å². The Hall–Kier alpha value is -2.44. The van der Waals surface area contributed by atoms with E-state index in [2.05, 4.69) is 4.98 Å². The number of hydrogen-bond acceptors (Lipinski definition) is 5.